The zero-order chi connectivity index (χ0) is 21.9. The second kappa shape index (κ2) is 8.44. The van der Waals surface area contributed by atoms with Gasteiger partial charge in [-0.15, -0.1) is 13.2 Å². The second-order valence-corrected chi connectivity index (χ2v) is 6.20. The number of carbonyl (C=O) groups excluding carboxylic acids is 1. The Hall–Kier alpha value is -3.56. The first-order valence-corrected chi connectivity index (χ1v) is 8.52. The Kier molecular flexibility index (Phi) is 5.95. The lowest BCUT2D eigenvalue weighted by Crippen LogP contribution is -2.20. The molecule has 2 aromatic heterocycles. The molecule has 0 bridgehead atoms. The summed E-state index contributed by atoms with van der Waals surface area (Å²) in [6.07, 6.45) is -2.99. The molecule has 1 N–H and O–H groups in total. The molecule has 5 nitrogen and oxygen atoms in total. The van der Waals surface area contributed by atoms with Gasteiger partial charge in [-0.25, -0.2) is 8.78 Å². The van der Waals surface area contributed by atoms with E-state index < -0.39 is 47.4 Å². The maximum Gasteiger partial charge on any atom is 0.573 e. The highest BCUT2D eigenvalue weighted by atomic mass is 19.4. The van der Waals surface area contributed by atoms with E-state index >= 15 is 0 Å². The maximum absolute atomic E-state index is 14.4. The van der Waals surface area contributed by atoms with E-state index in [4.69, 9.17) is 0 Å². The summed E-state index contributed by atoms with van der Waals surface area (Å²) in [7, 11) is 0. The molecule has 0 unspecified atom stereocenters. The van der Waals surface area contributed by atoms with Crippen LogP contribution in [-0.2, 0) is 0 Å². The molecular weight excluding hydrogens is 411 g/mol. The summed E-state index contributed by atoms with van der Waals surface area (Å²) in [4.78, 5) is 30.7. The van der Waals surface area contributed by atoms with Crippen molar-refractivity contribution in [3.8, 4) is 5.75 Å². The van der Waals surface area contributed by atoms with Crippen molar-refractivity contribution in [1.82, 2.24) is 9.97 Å². The molecule has 30 heavy (non-hydrogen) atoms. The number of hydrogen-bond acceptors (Lipinski definition) is 4. The molecule has 0 aliphatic carbocycles. The number of alkyl halides is 3. The van der Waals surface area contributed by atoms with Crippen LogP contribution < -0.4 is 10.3 Å². The van der Waals surface area contributed by atoms with Crippen molar-refractivity contribution in [1.29, 1.82) is 0 Å². The third-order valence-corrected chi connectivity index (χ3v) is 4.21. The minimum atomic E-state index is -5.10. The molecule has 0 saturated carbocycles. The Labute approximate surface area is 166 Å². The summed E-state index contributed by atoms with van der Waals surface area (Å²) >= 11 is 0. The quantitative estimate of drug-likeness (QED) is 0.472. The maximum atomic E-state index is 14.4. The Morgan fingerprint density at radius 1 is 1.10 bits per heavy atom. The van der Waals surface area contributed by atoms with Gasteiger partial charge in [0.05, 0.1) is 11.3 Å². The number of ether oxygens (including phenoxy) is 1. The van der Waals surface area contributed by atoms with E-state index in [0.717, 1.165) is 18.2 Å². The van der Waals surface area contributed by atoms with E-state index in [1.54, 1.807) is 0 Å². The molecule has 0 amide bonds. The van der Waals surface area contributed by atoms with E-state index in [0.29, 0.717) is 6.07 Å². The van der Waals surface area contributed by atoms with Gasteiger partial charge in [0.2, 0.25) is 0 Å². The molecule has 156 valence electrons. The summed E-state index contributed by atoms with van der Waals surface area (Å²) in [5.74, 6) is -5.06. The number of benzene rings is 1. The van der Waals surface area contributed by atoms with E-state index in [9.17, 15) is 31.5 Å². The topological polar surface area (TPSA) is 72.0 Å². The van der Waals surface area contributed by atoms with Gasteiger partial charge >= 0.3 is 6.36 Å². The van der Waals surface area contributed by atoms with Gasteiger partial charge in [-0.1, -0.05) is 6.07 Å². The normalized spacial score (nSPS) is 12.4. The summed E-state index contributed by atoms with van der Waals surface area (Å²) in [5, 5.41) is 0. The number of H-pyrrole nitrogens is 1. The van der Waals surface area contributed by atoms with Gasteiger partial charge in [0.25, 0.3) is 5.56 Å². The van der Waals surface area contributed by atoms with E-state index in [1.165, 1.54) is 30.6 Å². The van der Waals surface area contributed by atoms with E-state index in [1.807, 2.05) is 0 Å². The monoisotopic (exact) mass is 424 g/mol. The van der Waals surface area contributed by atoms with Crippen LogP contribution in [0.4, 0.5) is 22.0 Å². The first-order valence-electron chi connectivity index (χ1n) is 8.52. The minimum Gasteiger partial charge on any atom is -0.403 e. The Bertz CT molecular complexity index is 1130. The molecule has 1 aromatic carbocycles. The number of nitrogens with zero attached hydrogens (tertiary/aromatic N) is 1. The highest BCUT2D eigenvalue weighted by molar-refractivity contribution is 5.96. The Morgan fingerprint density at radius 2 is 1.87 bits per heavy atom. The molecule has 0 fully saturated rings. The number of ketones is 1. The average Bonchev–Trinajstić information content (AvgIpc) is 2.68. The second-order valence-electron chi connectivity index (χ2n) is 6.20. The van der Waals surface area contributed by atoms with Crippen LogP contribution in [0.15, 0.2) is 59.7 Å². The SMILES string of the molecule is O=C(C[C@@H](c1ccc(OC(F)(F)F)c(F)c1)c1ncccc1F)c1ccc[nH]c1=O. The number of aromatic amines is 1. The van der Waals surface area contributed by atoms with Crippen LogP contribution in [0, 0.1) is 11.6 Å². The number of pyridine rings is 2. The predicted molar refractivity (Wildman–Crippen MR) is 95.1 cm³/mol. The number of Topliss-reactive ketones (excluding diaryl/α,β-unsaturated/α-hetero) is 1. The summed E-state index contributed by atoms with van der Waals surface area (Å²) < 4.78 is 69.2. The smallest absolute Gasteiger partial charge is 0.403 e. The highest BCUT2D eigenvalue weighted by Gasteiger charge is 2.33. The number of rotatable bonds is 6. The average molecular weight is 424 g/mol. The van der Waals surface area contributed by atoms with Gasteiger partial charge in [0, 0.05) is 24.7 Å². The number of carbonyl (C=O) groups is 1. The molecule has 0 radical (unpaired) electrons. The fourth-order valence-corrected chi connectivity index (χ4v) is 2.90. The van der Waals surface area contributed by atoms with Crippen molar-refractivity contribution in [2.75, 3.05) is 0 Å². The number of hydrogen-bond donors (Lipinski definition) is 1. The molecule has 0 aliphatic rings. The lowest BCUT2D eigenvalue weighted by atomic mass is 9.88. The van der Waals surface area contributed by atoms with Crippen LogP contribution in [0.3, 0.4) is 0 Å². The fourth-order valence-electron chi connectivity index (χ4n) is 2.90. The van der Waals surface area contributed by atoms with Crippen LogP contribution in [0.2, 0.25) is 0 Å². The van der Waals surface area contributed by atoms with Crippen molar-refractivity contribution in [2.24, 2.45) is 0 Å². The molecule has 3 aromatic rings. The molecule has 2 heterocycles. The minimum absolute atomic E-state index is 0.0136. The number of nitrogens with one attached hydrogen (secondary N) is 1. The molecule has 3 rings (SSSR count). The first-order chi connectivity index (χ1) is 14.2. The van der Waals surface area contributed by atoms with Gasteiger partial charge in [-0.2, -0.15) is 0 Å². The zero-order valence-corrected chi connectivity index (χ0v) is 15.0. The number of aromatic nitrogens is 2. The standard InChI is InChI=1S/C20H13F5N2O3/c21-14-4-2-7-26-18(14)13(10-16(28)12-3-1-8-27-19(12)29)11-5-6-17(15(22)9-11)30-20(23,24)25/h1-9,13H,10H2,(H,27,29)/t13-/m0/s1. The molecular formula is C20H13F5N2O3. The summed E-state index contributed by atoms with van der Waals surface area (Å²) in [6, 6.07) is 7.59. The van der Waals surface area contributed by atoms with E-state index in [-0.39, 0.29) is 16.8 Å². The predicted octanol–water partition coefficient (Wildman–Crippen LogP) is 4.35. The van der Waals surface area contributed by atoms with Gasteiger partial charge in [-0.3, -0.25) is 14.6 Å². The van der Waals surface area contributed by atoms with Gasteiger partial charge < -0.3 is 9.72 Å². The third kappa shape index (κ3) is 4.88. The molecule has 10 heteroatoms. The lowest BCUT2D eigenvalue weighted by Gasteiger charge is -2.18. The number of halogens is 5. The molecule has 0 spiro atoms. The zero-order valence-electron chi connectivity index (χ0n) is 15.0. The van der Waals surface area contributed by atoms with Crippen molar-refractivity contribution < 1.29 is 31.5 Å². The molecule has 0 aliphatic heterocycles. The molecule has 0 saturated heterocycles. The first kappa shape index (κ1) is 21.2. The largest absolute Gasteiger partial charge is 0.573 e. The van der Waals surface area contributed by atoms with Crippen molar-refractivity contribution in [2.45, 2.75) is 18.7 Å². The van der Waals surface area contributed by atoms with Crippen LogP contribution in [0.25, 0.3) is 0 Å². The fraction of sp³-hybridized carbons (Fsp3) is 0.150. The highest BCUT2D eigenvalue weighted by Crippen LogP contribution is 2.33. The Morgan fingerprint density at radius 3 is 2.50 bits per heavy atom. The summed E-state index contributed by atoms with van der Waals surface area (Å²) in [5.41, 5.74) is -1.10. The third-order valence-electron chi connectivity index (χ3n) is 4.21. The van der Waals surface area contributed by atoms with Crippen molar-refractivity contribution in [3.05, 3.63) is 93.7 Å². The summed E-state index contributed by atoms with van der Waals surface area (Å²) in [6.45, 7) is 0. The van der Waals surface area contributed by atoms with Crippen molar-refractivity contribution in [3.63, 3.8) is 0 Å². The van der Waals surface area contributed by atoms with Gasteiger partial charge in [0.15, 0.2) is 17.3 Å². The van der Waals surface area contributed by atoms with Gasteiger partial charge in [-0.05, 0) is 42.0 Å². The van der Waals surface area contributed by atoms with Crippen molar-refractivity contribution >= 4 is 5.78 Å². The van der Waals surface area contributed by atoms with Crippen LogP contribution in [0.5, 0.6) is 5.75 Å². The van der Waals surface area contributed by atoms with Gasteiger partial charge in [0.1, 0.15) is 5.82 Å². The van der Waals surface area contributed by atoms with Crippen LogP contribution in [-0.4, -0.2) is 22.1 Å². The van der Waals surface area contributed by atoms with Crippen LogP contribution in [0.1, 0.15) is 34.0 Å². The lowest BCUT2D eigenvalue weighted by molar-refractivity contribution is -0.275. The van der Waals surface area contributed by atoms with E-state index in [2.05, 4.69) is 14.7 Å². The van der Waals surface area contributed by atoms with Crippen LogP contribution >= 0.6 is 0 Å². The molecule has 1 atom stereocenters. The Balaban J connectivity index is 2.02.